The second-order valence-corrected chi connectivity index (χ2v) is 7.19. The van der Waals surface area contributed by atoms with Gasteiger partial charge in [-0.2, -0.15) is 0 Å². The Bertz CT molecular complexity index is 377. The summed E-state index contributed by atoms with van der Waals surface area (Å²) in [6.45, 7) is 10.1. The summed E-state index contributed by atoms with van der Waals surface area (Å²) in [7, 11) is 0. The molecule has 2 fully saturated rings. The summed E-state index contributed by atoms with van der Waals surface area (Å²) in [6.07, 6.45) is 2.73. The van der Waals surface area contributed by atoms with Crippen molar-refractivity contribution in [3.8, 4) is 0 Å². The lowest BCUT2D eigenvalue weighted by atomic mass is 9.67. The van der Waals surface area contributed by atoms with Crippen molar-refractivity contribution in [1.29, 1.82) is 0 Å². The zero-order chi connectivity index (χ0) is 14.3. The van der Waals surface area contributed by atoms with E-state index < -0.39 is 5.41 Å². The van der Waals surface area contributed by atoms with Gasteiger partial charge in [0.15, 0.2) is 0 Å². The second-order valence-electron chi connectivity index (χ2n) is 6.75. The quantitative estimate of drug-likeness (QED) is 0.778. The van der Waals surface area contributed by atoms with Gasteiger partial charge >= 0.3 is 0 Å². The Hall–Kier alpha value is -0.680. The highest BCUT2D eigenvalue weighted by molar-refractivity contribution is 7.80. The van der Waals surface area contributed by atoms with E-state index in [9.17, 15) is 4.79 Å². The van der Waals surface area contributed by atoms with Gasteiger partial charge in [-0.15, -0.1) is 0 Å². The van der Waals surface area contributed by atoms with Gasteiger partial charge in [-0.25, -0.2) is 0 Å². The van der Waals surface area contributed by atoms with Gasteiger partial charge in [-0.3, -0.25) is 9.69 Å². The molecule has 0 bridgehead atoms. The van der Waals surface area contributed by atoms with Crippen molar-refractivity contribution in [2.45, 2.75) is 45.6 Å². The summed E-state index contributed by atoms with van der Waals surface area (Å²) in [5, 5.41) is 0. The molecule has 0 radical (unpaired) electrons. The van der Waals surface area contributed by atoms with Crippen LogP contribution >= 0.6 is 12.2 Å². The van der Waals surface area contributed by atoms with E-state index in [0.717, 1.165) is 45.4 Å². The molecule has 0 atom stereocenters. The van der Waals surface area contributed by atoms with Crippen LogP contribution in [0.25, 0.3) is 0 Å². The highest BCUT2D eigenvalue weighted by Crippen LogP contribution is 2.43. The molecule has 2 rings (SSSR count). The summed E-state index contributed by atoms with van der Waals surface area (Å²) < 4.78 is 0. The lowest BCUT2D eigenvalue weighted by molar-refractivity contribution is -0.144. The van der Waals surface area contributed by atoms with Gasteiger partial charge in [0.1, 0.15) is 0 Å². The number of piperazine rings is 1. The number of hydrogen-bond acceptors (Lipinski definition) is 3. The molecule has 1 aliphatic carbocycles. The topological polar surface area (TPSA) is 49.6 Å². The van der Waals surface area contributed by atoms with E-state index >= 15 is 0 Å². The Balaban J connectivity index is 1.98. The van der Waals surface area contributed by atoms with Crippen LogP contribution in [0.2, 0.25) is 0 Å². The normalized spacial score (nSPS) is 23.8. The largest absolute Gasteiger partial charge is 0.392 e. The highest BCUT2D eigenvalue weighted by Gasteiger charge is 2.49. The van der Waals surface area contributed by atoms with Gasteiger partial charge in [0.25, 0.3) is 0 Å². The summed E-state index contributed by atoms with van der Waals surface area (Å²) >= 11 is 5.13. The van der Waals surface area contributed by atoms with E-state index in [1.807, 2.05) is 4.90 Å². The molecule has 1 heterocycles. The van der Waals surface area contributed by atoms with E-state index in [-0.39, 0.29) is 11.4 Å². The van der Waals surface area contributed by atoms with Gasteiger partial charge in [0.2, 0.25) is 5.91 Å². The number of nitrogens with zero attached hydrogens (tertiary/aromatic N) is 2. The van der Waals surface area contributed by atoms with Crippen LogP contribution in [0.1, 0.15) is 40.0 Å². The third-order valence-corrected chi connectivity index (χ3v) is 4.99. The summed E-state index contributed by atoms with van der Waals surface area (Å²) in [5.74, 6) is 0.166. The van der Waals surface area contributed by atoms with Crippen molar-refractivity contribution >= 4 is 23.1 Å². The summed E-state index contributed by atoms with van der Waals surface area (Å²) in [6, 6.07) is 0. The van der Waals surface area contributed by atoms with Crippen LogP contribution < -0.4 is 5.73 Å². The van der Waals surface area contributed by atoms with Crippen LogP contribution in [0.3, 0.4) is 0 Å². The molecule has 5 heteroatoms. The molecule has 0 unspecified atom stereocenters. The number of carbonyl (C=O) groups excluding carboxylic acids is 1. The van der Waals surface area contributed by atoms with Crippen LogP contribution in [0.5, 0.6) is 0 Å². The van der Waals surface area contributed by atoms with Gasteiger partial charge < -0.3 is 10.6 Å². The lowest BCUT2D eigenvalue weighted by Gasteiger charge is -2.47. The van der Waals surface area contributed by atoms with Crippen molar-refractivity contribution in [1.82, 2.24) is 9.80 Å². The van der Waals surface area contributed by atoms with Crippen molar-refractivity contribution < 1.29 is 4.79 Å². The minimum absolute atomic E-state index is 0.166. The van der Waals surface area contributed by atoms with Crippen molar-refractivity contribution in [3.63, 3.8) is 0 Å². The predicted octanol–water partition coefficient (Wildman–Crippen LogP) is 1.39. The maximum Gasteiger partial charge on any atom is 0.235 e. The first-order valence-electron chi connectivity index (χ1n) is 7.12. The molecular formula is C14H25N3OS. The molecule has 108 valence electrons. The molecule has 4 nitrogen and oxygen atoms in total. The van der Waals surface area contributed by atoms with Gasteiger partial charge in [0.05, 0.1) is 10.4 Å². The van der Waals surface area contributed by atoms with Crippen molar-refractivity contribution in [2.75, 3.05) is 26.2 Å². The molecule has 1 aliphatic heterocycles. The fraction of sp³-hybridized carbons (Fsp3) is 0.857. The van der Waals surface area contributed by atoms with Gasteiger partial charge in [-0.05, 0) is 33.6 Å². The van der Waals surface area contributed by atoms with E-state index in [4.69, 9.17) is 18.0 Å². The Kier molecular flexibility index (Phi) is 3.89. The fourth-order valence-electron chi connectivity index (χ4n) is 2.98. The minimum atomic E-state index is -0.515. The molecule has 1 amide bonds. The Labute approximate surface area is 121 Å². The molecule has 1 saturated heterocycles. The zero-order valence-corrected chi connectivity index (χ0v) is 13.1. The van der Waals surface area contributed by atoms with Crippen LogP contribution in [0.4, 0.5) is 0 Å². The van der Waals surface area contributed by atoms with Gasteiger partial charge in [0, 0.05) is 31.7 Å². The van der Waals surface area contributed by atoms with E-state index in [1.165, 1.54) is 0 Å². The maximum atomic E-state index is 12.6. The van der Waals surface area contributed by atoms with E-state index in [1.54, 1.807) is 0 Å². The molecule has 2 N–H and O–H groups in total. The smallest absolute Gasteiger partial charge is 0.235 e. The van der Waals surface area contributed by atoms with Crippen LogP contribution in [-0.2, 0) is 4.79 Å². The SMILES string of the molecule is CC(C)(C)N1CCN(C(=O)C2(C(N)=S)CCC2)CC1. The summed E-state index contributed by atoms with van der Waals surface area (Å²) in [5.41, 5.74) is 5.47. The molecule has 0 aromatic rings. The maximum absolute atomic E-state index is 12.6. The molecule has 0 aromatic carbocycles. The molecular weight excluding hydrogens is 258 g/mol. The first-order chi connectivity index (χ1) is 8.77. The molecule has 0 spiro atoms. The predicted molar refractivity (Wildman–Crippen MR) is 81.0 cm³/mol. The highest BCUT2D eigenvalue weighted by atomic mass is 32.1. The first-order valence-corrected chi connectivity index (χ1v) is 7.52. The number of rotatable bonds is 2. The molecule has 0 aromatic heterocycles. The van der Waals surface area contributed by atoms with Crippen LogP contribution in [0.15, 0.2) is 0 Å². The monoisotopic (exact) mass is 283 g/mol. The number of amides is 1. The Morgan fingerprint density at radius 3 is 2.00 bits per heavy atom. The average molecular weight is 283 g/mol. The van der Waals surface area contributed by atoms with Crippen LogP contribution in [-0.4, -0.2) is 52.4 Å². The fourth-order valence-corrected chi connectivity index (χ4v) is 3.27. The Morgan fingerprint density at radius 2 is 1.68 bits per heavy atom. The number of nitrogens with two attached hydrogens (primary N) is 1. The molecule has 1 saturated carbocycles. The third-order valence-electron chi connectivity index (χ3n) is 4.60. The second kappa shape index (κ2) is 5.02. The minimum Gasteiger partial charge on any atom is -0.392 e. The number of thiocarbonyl (C=S) groups is 1. The van der Waals surface area contributed by atoms with Crippen molar-refractivity contribution in [3.05, 3.63) is 0 Å². The Morgan fingerprint density at radius 1 is 1.16 bits per heavy atom. The number of hydrogen-bond donors (Lipinski definition) is 1. The van der Waals surface area contributed by atoms with E-state index in [0.29, 0.717) is 4.99 Å². The lowest BCUT2D eigenvalue weighted by Crippen LogP contribution is -2.60. The standard InChI is InChI=1S/C14H25N3OS/c1-13(2,3)17-9-7-16(8-10-17)12(18)14(11(15)19)5-4-6-14/h4-10H2,1-3H3,(H2,15,19). The zero-order valence-electron chi connectivity index (χ0n) is 12.2. The van der Waals surface area contributed by atoms with Crippen molar-refractivity contribution in [2.24, 2.45) is 11.1 Å². The number of carbonyl (C=O) groups is 1. The summed E-state index contributed by atoms with van der Waals surface area (Å²) in [4.78, 5) is 17.4. The van der Waals surface area contributed by atoms with Gasteiger partial charge in [-0.1, -0.05) is 18.6 Å². The average Bonchev–Trinajstić information content (AvgIpc) is 2.25. The third kappa shape index (κ3) is 2.63. The molecule has 2 aliphatic rings. The first kappa shape index (κ1) is 14.7. The molecule has 19 heavy (non-hydrogen) atoms. The van der Waals surface area contributed by atoms with E-state index in [2.05, 4.69) is 25.7 Å². The van der Waals surface area contributed by atoms with Crippen LogP contribution in [0, 0.1) is 5.41 Å².